The second-order valence-electron chi connectivity index (χ2n) is 7.54. The molecule has 156 valence electrons. The Hall–Kier alpha value is -3.44. The molecule has 5 heteroatoms. The van der Waals surface area contributed by atoms with Crippen LogP contribution in [0.5, 0.6) is 0 Å². The molecule has 0 unspecified atom stereocenters. The Morgan fingerprint density at radius 2 is 1.03 bits per heavy atom. The van der Waals surface area contributed by atoms with E-state index in [1.165, 1.54) is 36.4 Å². The molecule has 3 aromatic rings. The highest BCUT2D eigenvalue weighted by Crippen LogP contribution is 2.24. The third kappa shape index (κ3) is 5.38. The van der Waals surface area contributed by atoms with Gasteiger partial charge in [0.1, 0.15) is 17.5 Å². The maximum Gasteiger partial charge on any atom is 0.187 e. The molecule has 31 heavy (non-hydrogen) atoms. The van der Waals surface area contributed by atoms with Gasteiger partial charge in [0.05, 0.1) is 0 Å². The largest absolute Gasteiger partial charge is 0.290 e. The molecule has 1 aliphatic heterocycles. The SMILES string of the molecule is O=C1C(=Cc2ccc(F)cc2)CN(Cc2ccc(F)cc2)CC1=Cc1ccc(F)cc1. The zero-order chi connectivity index (χ0) is 21.8. The smallest absolute Gasteiger partial charge is 0.187 e. The number of rotatable bonds is 4. The minimum Gasteiger partial charge on any atom is -0.290 e. The molecule has 0 radical (unpaired) electrons. The second kappa shape index (κ2) is 9.14. The lowest BCUT2D eigenvalue weighted by Gasteiger charge is -2.30. The molecule has 0 aliphatic carbocycles. The van der Waals surface area contributed by atoms with E-state index in [1.54, 1.807) is 48.6 Å². The Kier molecular flexibility index (Phi) is 6.14. The molecule has 1 aliphatic rings. The summed E-state index contributed by atoms with van der Waals surface area (Å²) in [5, 5.41) is 0. The second-order valence-corrected chi connectivity index (χ2v) is 7.54. The highest BCUT2D eigenvalue weighted by molar-refractivity contribution is 6.14. The van der Waals surface area contributed by atoms with Crippen LogP contribution in [0.4, 0.5) is 13.2 Å². The summed E-state index contributed by atoms with van der Waals surface area (Å²) < 4.78 is 39.8. The number of hydrogen-bond acceptors (Lipinski definition) is 2. The van der Waals surface area contributed by atoms with E-state index in [4.69, 9.17) is 0 Å². The highest BCUT2D eigenvalue weighted by atomic mass is 19.1. The van der Waals surface area contributed by atoms with Crippen LogP contribution < -0.4 is 0 Å². The third-order valence-electron chi connectivity index (χ3n) is 5.11. The number of Topliss-reactive ketones (excluding diaryl/α,β-unsaturated/α-hetero) is 1. The maximum atomic E-state index is 13.3. The molecular formula is C26H20F3NO. The van der Waals surface area contributed by atoms with E-state index in [-0.39, 0.29) is 23.2 Å². The average molecular weight is 419 g/mol. The molecule has 0 atom stereocenters. The number of nitrogens with zero attached hydrogens (tertiary/aromatic N) is 1. The molecule has 1 saturated heterocycles. The molecule has 0 spiro atoms. The van der Waals surface area contributed by atoms with Gasteiger partial charge in [-0.3, -0.25) is 9.69 Å². The van der Waals surface area contributed by atoms with Crippen LogP contribution >= 0.6 is 0 Å². The van der Waals surface area contributed by atoms with Gasteiger partial charge in [-0.1, -0.05) is 36.4 Å². The van der Waals surface area contributed by atoms with Gasteiger partial charge >= 0.3 is 0 Å². The van der Waals surface area contributed by atoms with E-state index >= 15 is 0 Å². The monoisotopic (exact) mass is 419 g/mol. The summed E-state index contributed by atoms with van der Waals surface area (Å²) in [6.45, 7) is 1.36. The van der Waals surface area contributed by atoms with E-state index in [1.807, 2.05) is 0 Å². The third-order valence-corrected chi connectivity index (χ3v) is 5.11. The molecule has 1 fully saturated rings. The molecule has 0 aromatic heterocycles. The summed E-state index contributed by atoms with van der Waals surface area (Å²) in [4.78, 5) is 15.2. The highest BCUT2D eigenvalue weighted by Gasteiger charge is 2.26. The Morgan fingerprint density at radius 3 is 1.45 bits per heavy atom. The predicted octanol–water partition coefficient (Wildman–Crippen LogP) is 5.66. The van der Waals surface area contributed by atoms with Gasteiger partial charge in [-0.2, -0.15) is 0 Å². The summed E-state index contributed by atoms with van der Waals surface area (Å²) in [5.41, 5.74) is 3.55. The minimum absolute atomic E-state index is 0.0935. The number of carbonyl (C=O) groups is 1. The predicted molar refractivity (Wildman–Crippen MR) is 115 cm³/mol. The summed E-state index contributed by atoms with van der Waals surface area (Å²) in [6, 6.07) is 18.2. The van der Waals surface area contributed by atoms with E-state index in [0.29, 0.717) is 30.8 Å². The number of ketones is 1. The van der Waals surface area contributed by atoms with Gasteiger partial charge in [0.25, 0.3) is 0 Å². The van der Waals surface area contributed by atoms with E-state index in [9.17, 15) is 18.0 Å². The molecule has 3 aromatic carbocycles. The quantitative estimate of drug-likeness (QED) is 0.509. The number of piperidine rings is 1. The van der Waals surface area contributed by atoms with Crippen LogP contribution in [0, 0.1) is 17.5 Å². The Bertz CT molecular complexity index is 1060. The van der Waals surface area contributed by atoms with Crippen molar-refractivity contribution < 1.29 is 18.0 Å². The molecule has 1 heterocycles. The van der Waals surface area contributed by atoms with Crippen molar-refractivity contribution >= 4 is 17.9 Å². The van der Waals surface area contributed by atoms with E-state index in [2.05, 4.69) is 4.90 Å². The van der Waals surface area contributed by atoms with Crippen LogP contribution in [0.1, 0.15) is 16.7 Å². The lowest BCUT2D eigenvalue weighted by molar-refractivity contribution is -0.113. The first-order valence-electron chi connectivity index (χ1n) is 9.90. The van der Waals surface area contributed by atoms with E-state index in [0.717, 1.165) is 16.7 Å². The van der Waals surface area contributed by atoms with Crippen molar-refractivity contribution in [1.82, 2.24) is 4.90 Å². The Balaban J connectivity index is 1.66. The molecule has 0 bridgehead atoms. The van der Waals surface area contributed by atoms with E-state index < -0.39 is 0 Å². The number of hydrogen-bond donors (Lipinski definition) is 0. The van der Waals surface area contributed by atoms with Crippen molar-refractivity contribution in [2.75, 3.05) is 13.1 Å². The maximum absolute atomic E-state index is 13.3. The molecule has 0 saturated carbocycles. The van der Waals surface area contributed by atoms with Crippen LogP contribution in [-0.2, 0) is 11.3 Å². The zero-order valence-corrected chi connectivity index (χ0v) is 16.7. The number of halogens is 3. The molecule has 2 nitrogen and oxygen atoms in total. The fraction of sp³-hybridized carbons (Fsp3) is 0.115. The Labute approximate surface area is 178 Å². The van der Waals surface area contributed by atoms with Crippen LogP contribution in [0.2, 0.25) is 0 Å². The normalized spacial score (nSPS) is 17.5. The van der Waals surface area contributed by atoms with Crippen LogP contribution in [-0.4, -0.2) is 23.8 Å². The van der Waals surface area contributed by atoms with Gasteiger partial charge < -0.3 is 0 Å². The van der Waals surface area contributed by atoms with Gasteiger partial charge in [0, 0.05) is 30.8 Å². The first-order chi connectivity index (χ1) is 15.0. The van der Waals surface area contributed by atoms with Gasteiger partial charge in [-0.05, 0) is 65.2 Å². The van der Waals surface area contributed by atoms with Crippen LogP contribution in [0.15, 0.2) is 83.9 Å². The molecule has 0 N–H and O–H groups in total. The first kappa shape index (κ1) is 20.8. The summed E-state index contributed by atoms with van der Waals surface area (Å²) in [6.07, 6.45) is 3.52. The number of likely N-dealkylation sites (tertiary alicyclic amines) is 1. The van der Waals surface area contributed by atoms with Crippen molar-refractivity contribution in [2.24, 2.45) is 0 Å². The molecule has 0 amide bonds. The van der Waals surface area contributed by atoms with Crippen LogP contribution in [0.3, 0.4) is 0 Å². The summed E-state index contributed by atoms with van der Waals surface area (Å²) >= 11 is 0. The van der Waals surface area contributed by atoms with Crippen molar-refractivity contribution in [3.63, 3.8) is 0 Å². The lowest BCUT2D eigenvalue weighted by atomic mass is 9.94. The van der Waals surface area contributed by atoms with Crippen molar-refractivity contribution in [2.45, 2.75) is 6.54 Å². The van der Waals surface area contributed by atoms with Gasteiger partial charge in [-0.15, -0.1) is 0 Å². The Morgan fingerprint density at radius 1 is 0.645 bits per heavy atom. The fourth-order valence-corrected chi connectivity index (χ4v) is 3.59. The molecular weight excluding hydrogens is 399 g/mol. The fourth-order valence-electron chi connectivity index (χ4n) is 3.59. The standard InChI is InChI=1S/C26H20F3NO/c27-23-7-1-18(2-8-23)13-21-16-30(15-20-5-11-25(29)12-6-20)17-22(26(21)31)14-19-3-9-24(28)10-4-19/h1-14H,15-17H2. The van der Waals surface area contributed by atoms with Crippen LogP contribution in [0.25, 0.3) is 12.2 Å². The van der Waals surface area contributed by atoms with Gasteiger partial charge in [0.15, 0.2) is 5.78 Å². The first-order valence-corrected chi connectivity index (χ1v) is 9.90. The van der Waals surface area contributed by atoms with Crippen molar-refractivity contribution in [3.8, 4) is 0 Å². The minimum atomic E-state index is -0.341. The summed E-state index contributed by atoms with van der Waals surface area (Å²) in [7, 11) is 0. The van der Waals surface area contributed by atoms with Gasteiger partial charge in [-0.25, -0.2) is 13.2 Å². The van der Waals surface area contributed by atoms with Gasteiger partial charge in [0.2, 0.25) is 0 Å². The topological polar surface area (TPSA) is 20.3 Å². The van der Waals surface area contributed by atoms with Crippen molar-refractivity contribution in [1.29, 1.82) is 0 Å². The van der Waals surface area contributed by atoms with Crippen molar-refractivity contribution in [3.05, 3.63) is 118 Å². The molecule has 4 rings (SSSR count). The average Bonchev–Trinajstić information content (AvgIpc) is 2.76. The number of carbonyl (C=O) groups excluding carboxylic acids is 1. The lowest BCUT2D eigenvalue weighted by Crippen LogP contribution is -2.37. The summed E-state index contributed by atoms with van der Waals surface area (Å²) in [5.74, 6) is -1.07. The number of benzene rings is 3. The zero-order valence-electron chi connectivity index (χ0n) is 16.7.